The van der Waals surface area contributed by atoms with Crippen LogP contribution in [0.3, 0.4) is 0 Å². The zero-order valence-corrected chi connectivity index (χ0v) is 38.4. The van der Waals surface area contributed by atoms with Crippen LogP contribution in [0.25, 0.3) is 0 Å². The van der Waals surface area contributed by atoms with Crippen LogP contribution in [-0.4, -0.2) is 105 Å². The Morgan fingerprint density at radius 3 is 1.87 bits per heavy atom. The molecule has 0 amide bonds. The Hall–Kier alpha value is -2.00. The van der Waals surface area contributed by atoms with Crippen LogP contribution in [0.4, 0.5) is 0 Å². The minimum Gasteiger partial charge on any atom is -0.462 e. The molecule has 8 atom stereocenters. The average molecular weight is 891 g/mol. The van der Waals surface area contributed by atoms with Crippen molar-refractivity contribution < 1.29 is 67.9 Å². The van der Waals surface area contributed by atoms with Gasteiger partial charge in [0, 0.05) is 43.9 Å². The molecule has 1 fully saturated rings. The molecule has 6 N–H and O–H groups in total. The highest BCUT2D eigenvalue weighted by Gasteiger charge is 2.41. The standard InChI is InChI=1S/C46H83O14P/c1-3-5-7-8-9-10-11-12-13-14-15-16-17-18-19-20-22-27-45(53)57-35-40(36-59-61(55,56)58-34-39(50)33-47)60-46(54)28-24-23-26-38(49)31-42-41(43(51)32-44(42)52)30-29-37(48)25-21-6-4-2/h12-13,29-30,37,39-44,47-48,50-52H,3-11,14-28,31-36H2,1-2H3,(H,55,56)/b13-12-,30-29+/t37-,39-,40+,41+,42+,43+,44-/m0/s1. The molecule has 15 heteroatoms. The Bertz CT molecular complexity index is 1240. The van der Waals surface area contributed by atoms with Crippen molar-refractivity contribution in [1.29, 1.82) is 0 Å². The molecule has 1 aliphatic carbocycles. The van der Waals surface area contributed by atoms with Gasteiger partial charge in [0.1, 0.15) is 18.5 Å². The largest absolute Gasteiger partial charge is 0.472 e. The van der Waals surface area contributed by atoms with Crippen molar-refractivity contribution in [1.82, 2.24) is 0 Å². The number of hydrogen-bond acceptors (Lipinski definition) is 13. The highest BCUT2D eigenvalue weighted by atomic mass is 31.2. The van der Waals surface area contributed by atoms with Crippen molar-refractivity contribution in [2.45, 2.75) is 211 Å². The number of aliphatic hydroxyl groups is 5. The van der Waals surface area contributed by atoms with Gasteiger partial charge < -0.3 is 39.9 Å². The molecular weight excluding hydrogens is 807 g/mol. The van der Waals surface area contributed by atoms with Crippen molar-refractivity contribution in [2.75, 3.05) is 26.4 Å². The van der Waals surface area contributed by atoms with Gasteiger partial charge in [0.2, 0.25) is 0 Å². The summed E-state index contributed by atoms with van der Waals surface area (Å²) in [6.07, 6.45) is 24.8. The first-order valence-corrected chi connectivity index (χ1v) is 25.0. The Morgan fingerprint density at radius 1 is 0.689 bits per heavy atom. The van der Waals surface area contributed by atoms with Gasteiger partial charge >= 0.3 is 19.8 Å². The van der Waals surface area contributed by atoms with Gasteiger partial charge in [-0.05, 0) is 51.4 Å². The number of aliphatic hydroxyl groups excluding tert-OH is 5. The van der Waals surface area contributed by atoms with Crippen LogP contribution in [0.15, 0.2) is 24.3 Å². The highest BCUT2D eigenvalue weighted by Crippen LogP contribution is 2.43. The Labute approximate surface area is 366 Å². The number of allylic oxidation sites excluding steroid dienone is 2. The molecule has 0 aliphatic heterocycles. The SMILES string of the molecule is CCCCCCCC/C=C\CCCCCCCCCC(=O)OC[C@H](COP(=O)(O)OC[C@@H](O)CO)OC(=O)CCCCC(=O)C[C@@H]1[C@@H](/C=C/[C@@H](O)CCCCC)[C@H](O)C[C@@H]1O. The average Bonchev–Trinajstić information content (AvgIpc) is 3.49. The molecular formula is C46H83O14P. The van der Waals surface area contributed by atoms with Gasteiger partial charge in [-0.1, -0.05) is 122 Å². The molecule has 0 aromatic carbocycles. The molecule has 0 aromatic rings. The van der Waals surface area contributed by atoms with Gasteiger partial charge in [0.15, 0.2) is 6.10 Å². The quantitative estimate of drug-likeness (QED) is 0.0148. The van der Waals surface area contributed by atoms with E-state index in [-0.39, 0.29) is 44.3 Å². The van der Waals surface area contributed by atoms with Crippen LogP contribution < -0.4 is 0 Å². The predicted octanol–water partition coefficient (Wildman–Crippen LogP) is 8.12. The van der Waals surface area contributed by atoms with Crippen LogP contribution in [0.5, 0.6) is 0 Å². The van der Waals surface area contributed by atoms with Crippen molar-refractivity contribution in [3.05, 3.63) is 24.3 Å². The van der Waals surface area contributed by atoms with Crippen LogP contribution in [0.1, 0.15) is 181 Å². The van der Waals surface area contributed by atoms with Crippen molar-refractivity contribution in [3.8, 4) is 0 Å². The summed E-state index contributed by atoms with van der Waals surface area (Å²) < 4.78 is 32.7. The zero-order valence-electron chi connectivity index (χ0n) is 37.5. The molecule has 356 valence electrons. The molecule has 0 saturated heterocycles. The summed E-state index contributed by atoms with van der Waals surface area (Å²) in [5, 5.41) is 49.7. The molecule has 0 aromatic heterocycles. The molecule has 1 aliphatic rings. The molecule has 0 spiro atoms. The van der Waals surface area contributed by atoms with Crippen LogP contribution in [-0.2, 0) is 37.5 Å². The number of Topliss-reactive ketones (excluding diaryl/α,β-unsaturated/α-hetero) is 1. The Kier molecular flexibility index (Phi) is 34.0. The summed E-state index contributed by atoms with van der Waals surface area (Å²) in [6, 6.07) is 0. The highest BCUT2D eigenvalue weighted by molar-refractivity contribution is 7.47. The molecule has 1 saturated carbocycles. The number of carbonyl (C=O) groups is 3. The number of phosphoric acid groups is 1. The van der Waals surface area contributed by atoms with Gasteiger partial charge in [-0.3, -0.25) is 23.4 Å². The van der Waals surface area contributed by atoms with Crippen LogP contribution in [0, 0.1) is 11.8 Å². The molecule has 14 nitrogen and oxygen atoms in total. The first-order valence-electron chi connectivity index (χ1n) is 23.5. The summed E-state index contributed by atoms with van der Waals surface area (Å²) >= 11 is 0. The maximum atomic E-state index is 12.9. The molecule has 1 unspecified atom stereocenters. The minimum atomic E-state index is -4.72. The van der Waals surface area contributed by atoms with Gasteiger partial charge in [-0.25, -0.2) is 4.57 Å². The van der Waals surface area contributed by atoms with Gasteiger partial charge in [-0.15, -0.1) is 0 Å². The second kappa shape index (κ2) is 36.4. The first kappa shape index (κ1) is 57.0. The number of hydrogen-bond donors (Lipinski definition) is 6. The molecule has 1 rings (SSSR count). The Balaban J connectivity index is 2.46. The fourth-order valence-electron chi connectivity index (χ4n) is 7.34. The molecule has 0 radical (unpaired) electrons. The van der Waals surface area contributed by atoms with Crippen molar-refractivity contribution >= 4 is 25.5 Å². The molecule has 0 bridgehead atoms. The lowest BCUT2D eigenvalue weighted by molar-refractivity contribution is -0.161. The summed E-state index contributed by atoms with van der Waals surface area (Å²) in [4.78, 5) is 48.1. The third kappa shape index (κ3) is 30.7. The van der Waals surface area contributed by atoms with Gasteiger partial charge in [0.25, 0.3) is 0 Å². The normalized spacial score (nSPS) is 20.5. The third-order valence-corrected chi connectivity index (χ3v) is 12.0. The maximum absolute atomic E-state index is 12.9. The summed E-state index contributed by atoms with van der Waals surface area (Å²) in [6.45, 7) is 1.84. The number of unbranched alkanes of at least 4 members (excludes halogenated alkanes) is 16. The summed E-state index contributed by atoms with van der Waals surface area (Å²) in [7, 11) is -4.72. The fourth-order valence-corrected chi connectivity index (χ4v) is 8.13. The topological polar surface area (TPSA) is 227 Å². The summed E-state index contributed by atoms with van der Waals surface area (Å²) in [5.74, 6) is -2.29. The molecule has 61 heavy (non-hydrogen) atoms. The Morgan fingerprint density at radius 2 is 1.23 bits per heavy atom. The monoisotopic (exact) mass is 891 g/mol. The number of carbonyl (C=O) groups excluding carboxylic acids is 3. The van der Waals surface area contributed by atoms with E-state index < -0.39 is 88.5 Å². The second-order valence-corrected chi connectivity index (χ2v) is 18.2. The van der Waals surface area contributed by atoms with Crippen LogP contribution in [0.2, 0.25) is 0 Å². The van der Waals surface area contributed by atoms with Crippen molar-refractivity contribution in [2.24, 2.45) is 11.8 Å². The van der Waals surface area contributed by atoms with Crippen molar-refractivity contribution in [3.63, 3.8) is 0 Å². The lowest BCUT2D eigenvalue weighted by Crippen LogP contribution is -2.30. The van der Waals surface area contributed by atoms with E-state index in [1.165, 1.54) is 57.8 Å². The van der Waals surface area contributed by atoms with E-state index in [9.17, 15) is 44.3 Å². The zero-order chi connectivity index (χ0) is 45.1. The van der Waals surface area contributed by atoms with E-state index in [1.807, 2.05) is 0 Å². The van der Waals surface area contributed by atoms with Crippen LogP contribution >= 0.6 is 7.82 Å². The third-order valence-electron chi connectivity index (χ3n) is 11.1. The first-order chi connectivity index (χ1) is 29.3. The number of phosphoric ester groups is 1. The summed E-state index contributed by atoms with van der Waals surface area (Å²) in [5.41, 5.74) is 0. The molecule has 0 heterocycles. The smallest absolute Gasteiger partial charge is 0.462 e. The van der Waals surface area contributed by atoms with E-state index in [0.717, 1.165) is 51.4 Å². The maximum Gasteiger partial charge on any atom is 0.472 e. The van der Waals surface area contributed by atoms with E-state index >= 15 is 0 Å². The number of ketones is 1. The number of esters is 2. The number of rotatable bonds is 40. The van der Waals surface area contributed by atoms with E-state index in [0.29, 0.717) is 19.3 Å². The second-order valence-electron chi connectivity index (χ2n) is 16.7. The van der Waals surface area contributed by atoms with E-state index in [1.54, 1.807) is 12.2 Å². The number of ether oxygens (including phenoxy) is 2. The van der Waals surface area contributed by atoms with E-state index in [4.69, 9.17) is 19.1 Å². The lowest BCUT2D eigenvalue weighted by atomic mass is 9.87. The predicted molar refractivity (Wildman–Crippen MR) is 235 cm³/mol. The van der Waals surface area contributed by atoms with Gasteiger partial charge in [0.05, 0.1) is 38.1 Å². The van der Waals surface area contributed by atoms with E-state index in [2.05, 4.69) is 30.5 Å². The van der Waals surface area contributed by atoms with Gasteiger partial charge in [-0.2, -0.15) is 0 Å². The fraction of sp³-hybridized carbons (Fsp3) is 0.848. The lowest BCUT2D eigenvalue weighted by Gasteiger charge is -2.21. The minimum absolute atomic E-state index is 0.0461.